The number of carbonyl (C=O) groups is 4. The first-order chi connectivity index (χ1) is 18.3. The first-order valence-corrected chi connectivity index (χ1v) is 13.8. The Hall–Kier alpha value is -2.62. The van der Waals surface area contributed by atoms with Crippen LogP contribution in [0.5, 0.6) is 0 Å². The largest absolute Gasteiger partial charge is 0.465 e. The van der Waals surface area contributed by atoms with Gasteiger partial charge in [-0.25, -0.2) is 13.6 Å². The van der Waals surface area contributed by atoms with Crippen LogP contribution in [0.4, 0.5) is 8.78 Å². The first kappa shape index (κ1) is 27.9. The van der Waals surface area contributed by atoms with Crippen molar-refractivity contribution in [3.8, 4) is 0 Å². The highest BCUT2D eigenvalue weighted by Gasteiger charge is 2.78. The molecule has 10 atom stereocenters. The lowest BCUT2D eigenvalue weighted by Gasteiger charge is -2.63. The topological polar surface area (TPSA) is 116 Å². The lowest BCUT2D eigenvalue weighted by atomic mass is 9.44. The fourth-order valence-corrected chi connectivity index (χ4v) is 8.44. The average molecular weight is 551 g/mol. The van der Waals surface area contributed by atoms with Crippen molar-refractivity contribution in [1.82, 2.24) is 0 Å². The van der Waals surface area contributed by atoms with E-state index in [4.69, 9.17) is 14.2 Å². The third-order valence-electron chi connectivity index (χ3n) is 10.5. The molecular formula is C29H36F2O8. The average Bonchev–Trinajstić information content (AvgIpc) is 3.39. The third-order valence-corrected chi connectivity index (χ3v) is 10.5. The molecule has 3 saturated carbocycles. The molecular weight excluding hydrogens is 514 g/mol. The Morgan fingerprint density at radius 2 is 1.92 bits per heavy atom. The number of hydrogen-bond acceptors (Lipinski definition) is 8. The highest BCUT2D eigenvalue weighted by atomic mass is 19.1. The van der Waals surface area contributed by atoms with Gasteiger partial charge in [0.05, 0.1) is 18.6 Å². The minimum Gasteiger partial charge on any atom is -0.465 e. The first-order valence-electron chi connectivity index (χ1n) is 13.8. The molecule has 1 N–H and O–H groups in total. The van der Waals surface area contributed by atoms with E-state index in [-0.39, 0.29) is 44.5 Å². The number of ketones is 1. The summed E-state index contributed by atoms with van der Waals surface area (Å²) >= 11 is 0. The van der Waals surface area contributed by atoms with E-state index in [0.717, 1.165) is 6.08 Å². The Balaban J connectivity index is 1.57. The monoisotopic (exact) mass is 550 g/mol. The van der Waals surface area contributed by atoms with E-state index in [0.29, 0.717) is 6.42 Å². The molecule has 1 saturated heterocycles. The number of allylic oxidation sites excluding steroid dienone is 4. The molecule has 5 rings (SSSR count). The van der Waals surface area contributed by atoms with Crippen molar-refractivity contribution >= 4 is 23.7 Å². The smallest absolute Gasteiger partial charge is 0.351 e. The van der Waals surface area contributed by atoms with E-state index in [9.17, 15) is 24.3 Å². The van der Waals surface area contributed by atoms with E-state index in [1.165, 1.54) is 19.1 Å². The van der Waals surface area contributed by atoms with Gasteiger partial charge in [-0.2, -0.15) is 0 Å². The number of halogens is 2. The van der Waals surface area contributed by atoms with E-state index in [1.807, 2.05) is 0 Å². The lowest BCUT2D eigenvalue weighted by molar-refractivity contribution is -0.239. The van der Waals surface area contributed by atoms with Gasteiger partial charge < -0.3 is 19.3 Å². The van der Waals surface area contributed by atoms with E-state index in [1.54, 1.807) is 20.8 Å². The highest BCUT2D eigenvalue weighted by Crippen LogP contribution is 2.71. The predicted octanol–water partition coefficient (Wildman–Crippen LogP) is 3.35. The molecule has 214 valence electrons. The fraction of sp³-hybridized carbons (Fsp3) is 0.724. The zero-order valence-corrected chi connectivity index (χ0v) is 22.7. The Morgan fingerprint density at radius 3 is 2.56 bits per heavy atom. The molecule has 0 unspecified atom stereocenters. The molecule has 4 aliphatic carbocycles. The van der Waals surface area contributed by atoms with Crippen LogP contribution < -0.4 is 0 Å². The van der Waals surface area contributed by atoms with Gasteiger partial charge in [-0.05, 0) is 56.3 Å². The van der Waals surface area contributed by atoms with Gasteiger partial charge in [0.2, 0.25) is 5.60 Å². The minimum atomic E-state index is -2.33. The van der Waals surface area contributed by atoms with Crippen LogP contribution in [-0.2, 0) is 33.4 Å². The normalized spacial score (nSPS) is 46.5. The van der Waals surface area contributed by atoms with Crippen LogP contribution >= 0.6 is 0 Å². The van der Waals surface area contributed by atoms with Crippen LogP contribution in [0, 0.1) is 34.5 Å². The minimum absolute atomic E-state index is 0.00832. The number of esters is 3. The summed E-state index contributed by atoms with van der Waals surface area (Å²) in [4.78, 5) is 50.7. The summed E-state index contributed by atoms with van der Waals surface area (Å²) in [6.45, 7) is 6.44. The number of ether oxygens (including phenoxy) is 3. The Bertz CT molecular complexity index is 1170. The van der Waals surface area contributed by atoms with Gasteiger partial charge in [0.1, 0.15) is 12.8 Å². The molecule has 0 amide bonds. The van der Waals surface area contributed by atoms with Crippen LogP contribution in [0.2, 0.25) is 0 Å². The van der Waals surface area contributed by atoms with Crippen LogP contribution in [0.15, 0.2) is 23.8 Å². The summed E-state index contributed by atoms with van der Waals surface area (Å²) in [7, 11) is 0. The van der Waals surface area contributed by atoms with Crippen molar-refractivity contribution in [2.45, 2.75) is 83.3 Å². The summed E-state index contributed by atoms with van der Waals surface area (Å²) in [5, 5.41) is 11.6. The fourth-order valence-electron chi connectivity index (χ4n) is 8.44. The molecule has 1 heterocycles. The van der Waals surface area contributed by atoms with Gasteiger partial charge in [-0.3, -0.25) is 14.4 Å². The predicted molar refractivity (Wildman–Crippen MR) is 132 cm³/mol. The molecule has 1 aliphatic heterocycles. The molecule has 5 aliphatic rings. The second kappa shape index (κ2) is 9.21. The second-order valence-electron chi connectivity index (χ2n) is 12.3. The summed E-state index contributed by atoms with van der Waals surface area (Å²) < 4.78 is 49.7. The Morgan fingerprint density at radius 1 is 1.21 bits per heavy atom. The number of hydrogen-bond donors (Lipinski definition) is 1. The van der Waals surface area contributed by atoms with Gasteiger partial charge in [0.25, 0.3) is 0 Å². The van der Waals surface area contributed by atoms with Crippen molar-refractivity contribution in [3.63, 3.8) is 0 Å². The van der Waals surface area contributed by atoms with Crippen molar-refractivity contribution in [3.05, 3.63) is 23.8 Å². The van der Waals surface area contributed by atoms with E-state index in [2.05, 4.69) is 0 Å². The van der Waals surface area contributed by atoms with Crippen LogP contribution in [0.3, 0.4) is 0 Å². The molecule has 10 heteroatoms. The molecule has 4 fully saturated rings. The number of fused-ring (bicyclic) bond motifs is 5. The van der Waals surface area contributed by atoms with Gasteiger partial charge in [-0.1, -0.05) is 26.8 Å². The van der Waals surface area contributed by atoms with E-state index >= 15 is 8.78 Å². The number of cyclic esters (lactones) is 1. The van der Waals surface area contributed by atoms with Crippen molar-refractivity contribution < 1.29 is 47.3 Å². The maximum Gasteiger partial charge on any atom is 0.351 e. The summed E-state index contributed by atoms with van der Waals surface area (Å²) in [5.41, 5.74) is -7.06. The summed E-state index contributed by atoms with van der Waals surface area (Å²) in [6.07, 6.45) is 0.424. The van der Waals surface area contributed by atoms with Gasteiger partial charge in [0, 0.05) is 29.1 Å². The Labute approximate surface area is 226 Å². The van der Waals surface area contributed by atoms with Gasteiger partial charge in [0.15, 0.2) is 11.5 Å². The van der Waals surface area contributed by atoms with Crippen molar-refractivity contribution in [1.29, 1.82) is 0 Å². The maximum atomic E-state index is 17.4. The standard InChI is InChI=1S/C29H36F2O8/c1-5-23(34)39-29(25(36)38-14-16-7-9-37-24(16)35)15(2)10-18-19-12-21(30)20-11-17(32)6-8-26(20,3)28(19,31)22(33)13-27(18,29)4/h6,8,11,15-16,18-19,21-22,33H,5,7,9-10,12-14H2,1-4H3/t15-,16+,18+,19+,21+,22+,26+,27+,28+,29+/m1/s1. The number of aliphatic hydroxyl groups is 1. The zero-order chi connectivity index (χ0) is 28.5. The molecule has 0 aromatic rings. The Kier molecular flexibility index (Phi) is 6.60. The van der Waals surface area contributed by atoms with Crippen LogP contribution in [-0.4, -0.2) is 65.6 Å². The van der Waals surface area contributed by atoms with Gasteiger partial charge >= 0.3 is 17.9 Å². The quantitative estimate of drug-likeness (QED) is 0.409. The third kappa shape index (κ3) is 3.62. The molecule has 0 aromatic heterocycles. The molecule has 0 aromatic carbocycles. The lowest BCUT2D eigenvalue weighted by Crippen LogP contribution is -2.71. The van der Waals surface area contributed by atoms with Crippen LogP contribution in [0.1, 0.15) is 59.8 Å². The van der Waals surface area contributed by atoms with E-state index < -0.39 is 81.7 Å². The summed E-state index contributed by atoms with van der Waals surface area (Å²) in [6, 6.07) is 0. The molecule has 0 bridgehead atoms. The van der Waals surface area contributed by atoms with Gasteiger partial charge in [-0.15, -0.1) is 0 Å². The van der Waals surface area contributed by atoms with Crippen molar-refractivity contribution in [2.75, 3.05) is 13.2 Å². The second-order valence-corrected chi connectivity index (χ2v) is 12.3. The SMILES string of the molecule is CCC(=O)O[C@]1(C(=O)OC[C@@H]2CCOC2=O)[C@H](C)C[C@H]2[C@@H]3C[C@H](F)C4=CC(=O)C=C[C@]4(C)[C@@]3(F)[C@@H](O)C[C@@]21C. The molecule has 39 heavy (non-hydrogen) atoms. The van der Waals surface area contributed by atoms with Crippen LogP contribution in [0.25, 0.3) is 0 Å². The maximum absolute atomic E-state index is 17.4. The summed E-state index contributed by atoms with van der Waals surface area (Å²) in [5.74, 6) is -5.41. The number of rotatable bonds is 5. The molecule has 0 spiro atoms. The number of carbonyl (C=O) groups excluding carboxylic acids is 4. The number of alkyl halides is 2. The van der Waals surface area contributed by atoms with Crippen molar-refractivity contribution in [2.24, 2.45) is 34.5 Å². The zero-order valence-electron chi connectivity index (χ0n) is 22.7. The molecule has 0 radical (unpaired) electrons. The highest BCUT2D eigenvalue weighted by molar-refractivity contribution is 6.01. The number of aliphatic hydroxyl groups excluding tert-OH is 1. The molecule has 8 nitrogen and oxygen atoms in total.